The molecule has 0 spiro atoms. The Morgan fingerprint density at radius 3 is 1.95 bits per heavy atom. The number of aryl methyl sites for hydroxylation is 1. The maximum absolute atomic E-state index is 6.66. The van der Waals surface area contributed by atoms with E-state index in [9.17, 15) is 0 Å². The maximum Gasteiger partial charge on any atom is 0.314 e. The van der Waals surface area contributed by atoms with Gasteiger partial charge >= 0.3 is 5.79 Å². The lowest BCUT2D eigenvalue weighted by molar-refractivity contribution is -0.135. The first-order chi connectivity index (χ1) is 21.7. The average molecular weight is 586 g/mol. The standard InChI is InChI=1S/C35H35N7O2/c1-3-23-35(43-28-13-7-5-8-14-28,44-29-15-9-6-10-16-29)34-36-32(42(39-34)24-4-2)25-26-19-21-27(22-20-26)30-17-11-12-18-31(30)33-37-40-41-38-33/h5-22H,3-4,23-25H2,1-2H3,(H,37,38,40,41). The van der Waals surface area contributed by atoms with Crippen molar-refractivity contribution < 1.29 is 9.47 Å². The Labute approximate surface area is 256 Å². The Balaban J connectivity index is 1.34. The summed E-state index contributed by atoms with van der Waals surface area (Å²) >= 11 is 0. The van der Waals surface area contributed by atoms with Crippen molar-refractivity contribution in [1.82, 2.24) is 35.4 Å². The van der Waals surface area contributed by atoms with Crippen molar-refractivity contribution in [2.75, 3.05) is 0 Å². The zero-order valence-corrected chi connectivity index (χ0v) is 24.9. The van der Waals surface area contributed by atoms with E-state index >= 15 is 0 Å². The summed E-state index contributed by atoms with van der Waals surface area (Å²) in [7, 11) is 0. The van der Waals surface area contributed by atoms with Gasteiger partial charge in [-0.05, 0) is 59.0 Å². The summed E-state index contributed by atoms with van der Waals surface area (Å²) < 4.78 is 15.3. The number of nitrogens with zero attached hydrogens (tertiary/aromatic N) is 6. The molecule has 4 aromatic carbocycles. The van der Waals surface area contributed by atoms with Crippen LogP contribution in [0.15, 0.2) is 109 Å². The van der Waals surface area contributed by atoms with Crippen molar-refractivity contribution in [3.05, 3.63) is 126 Å². The monoisotopic (exact) mass is 585 g/mol. The van der Waals surface area contributed by atoms with Gasteiger partial charge in [-0.3, -0.25) is 0 Å². The van der Waals surface area contributed by atoms with Crippen LogP contribution >= 0.6 is 0 Å². The Kier molecular flexibility index (Phi) is 8.72. The van der Waals surface area contributed by atoms with Crippen molar-refractivity contribution in [3.63, 3.8) is 0 Å². The van der Waals surface area contributed by atoms with Gasteiger partial charge in [0.25, 0.3) is 0 Å². The Morgan fingerprint density at radius 1 is 0.727 bits per heavy atom. The molecule has 0 aliphatic heterocycles. The first kappa shape index (κ1) is 28.8. The fraction of sp³-hybridized carbons (Fsp3) is 0.229. The van der Waals surface area contributed by atoms with Crippen LogP contribution < -0.4 is 9.47 Å². The molecular formula is C35H35N7O2. The highest BCUT2D eigenvalue weighted by atomic mass is 16.7. The quantitative estimate of drug-likeness (QED) is 0.143. The van der Waals surface area contributed by atoms with Gasteiger partial charge in [-0.15, -0.1) is 15.3 Å². The summed E-state index contributed by atoms with van der Waals surface area (Å²) in [5, 5.41) is 19.6. The number of H-pyrrole nitrogens is 1. The van der Waals surface area contributed by atoms with Gasteiger partial charge in [0.05, 0.1) is 0 Å². The lowest BCUT2D eigenvalue weighted by atomic mass is 9.98. The average Bonchev–Trinajstić information content (AvgIpc) is 3.74. The number of para-hydroxylation sites is 2. The van der Waals surface area contributed by atoms with Gasteiger partial charge in [0.15, 0.2) is 0 Å². The Bertz CT molecular complexity index is 1710. The molecule has 0 bridgehead atoms. The number of tetrazole rings is 1. The van der Waals surface area contributed by atoms with Gasteiger partial charge < -0.3 is 9.47 Å². The molecule has 0 atom stereocenters. The molecule has 0 amide bonds. The first-order valence-electron chi connectivity index (χ1n) is 15.0. The molecule has 6 rings (SSSR count). The molecule has 9 nitrogen and oxygen atoms in total. The number of hydrogen-bond donors (Lipinski definition) is 1. The second-order valence-electron chi connectivity index (χ2n) is 10.6. The highest BCUT2D eigenvalue weighted by molar-refractivity contribution is 5.80. The molecule has 6 aromatic rings. The lowest BCUT2D eigenvalue weighted by Crippen LogP contribution is -2.41. The Morgan fingerprint density at radius 2 is 1.36 bits per heavy atom. The highest BCUT2D eigenvalue weighted by Gasteiger charge is 2.42. The van der Waals surface area contributed by atoms with E-state index in [-0.39, 0.29) is 0 Å². The summed E-state index contributed by atoms with van der Waals surface area (Å²) in [6, 6.07) is 36.0. The van der Waals surface area contributed by atoms with Gasteiger partial charge in [-0.2, -0.15) is 5.21 Å². The van der Waals surface area contributed by atoms with Gasteiger partial charge in [0.2, 0.25) is 11.6 Å². The summed E-state index contributed by atoms with van der Waals surface area (Å²) in [6.45, 7) is 4.98. The van der Waals surface area contributed by atoms with Gasteiger partial charge in [0, 0.05) is 24.9 Å². The van der Waals surface area contributed by atoms with Crippen molar-refractivity contribution in [3.8, 4) is 34.0 Å². The summed E-state index contributed by atoms with van der Waals surface area (Å²) in [6.07, 6.45) is 2.91. The third kappa shape index (κ3) is 6.36. The second-order valence-corrected chi connectivity index (χ2v) is 10.6. The predicted molar refractivity (Wildman–Crippen MR) is 169 cm³/mol. The molecule has 2 heterocycles. The minimum Gasteiger partial charge on any atom is -0.445 e. The molecule has 0 fully saturated rings. The fourth-order valence-electron chi connectivity index (χ4n) is 5.26. The van der Waals surface area contributed by atoms with Crippen LogP contribution in [0.4, 0.5) is 0 Å². The minimum atomic E-state index is -1.20. The lowest BCUT2D eigenvalue weighted by Gasteiger charge is -2.32. The van der Waals surface area contributed by atoms with E-state index in [1.54, 1.807) is 0 Å². The molecule has 222 valence electrons. The molecule has 0 radical (unpaired) electrons. The largest absolute Gasteiger partial charge is 0.445 e. The van der Waals surface area contributed by atoms with E-state index < -0.39 is 5.79 Å². The number of ether oxygens (including phenoxy) is 2. The minimum absolute atomic E-state index is 0.515. The Hall–Kier alpha value is -5.31. The fourth-order valence-corrected chi connectivity index (χ4v) is 5.26. The van der Waals surface area contributed by atoms with Crippen LogP contribution in [-0.4, -0.2) is 35.4 Å². The molecule has 9 heteroatoms. The number of aromatic nitrogens is 7. The maximum atomic E-state index is 6.66. The van der Waals surface area contributed by atoms with Crippen LogP contribution in [0, 0.1) is 0 Å². The zero-order chi connectivity index (χ0) is 30.2. The molecule has 0 saturated carbocycles. The number of nitrogens with one attached hydrogen (secondary N) is 1. The van der Waals surface area contributed by atoms with Crippen molar-refractivity contribution >= 4 is 0 Å². The van der Waals surface area contributed by atoms with E-state index in [0.29, 0.717) is 36.0 Å². The van der Waals surface area contributed by atoms with E-state index in [2.05, 4.69) is 64.8 Å². The highest BCUT2D eigenvalue weighted by Crippen LogP contribution is 2.35. The first-order valence-corrected chi connectivity index (χ1v) is 15.0. The summed E-state index contributed by atoms with van der Waals surface area (Å²) in [5.74, 6) is 2.13. The smallest absolute Gasteiger partial charge is 0.314 e. The molecule has 0 unspecified atom stereocenters. The van der Waals surface area contributed by atoms with Gasteiger partial charge in [-0.25, -0.2) is 9.67 Å². The van der Waals surface area contributed by atoms with Crippen molar-refractivity contribution in [1.29, 1.82) is 0 Å². The van der Waals surface area contributed by atoms with Crippen LogP contribution in [0.3, 0.4) is 0 Å². The van der Waals surface area contributed by atoms with Gasteiger partial charge in [-0.1, -0.05) is 98.8 Å². The summed E-state index contributed by atoms with van der Waals surface area (Å²) in [5.41, 5.74) is 4.15. The number of benzene rings is 4. The van der Waals surface area contributed by atoms with Crippen molar-refractivity contribution in [2.45, 2.75) is 51.9 Å². The number of rotatable bonds is 13. The van der Waals surface area contributed by atoms with E-state index in [4.69, 9.17) is 19.6 Å². The van der Waals surface area contributed by atoms with Gasteiger partial charge in [0.1, 0.15) is 17.3 Å². The predicted octanol–water partition coefficient (Wildman–Crippen LogP) is 7.24. The second kappa shape index (κ2) is 13.3. The summed E-state index contributed by atoms with van der Waals surface area (Å²) in [4.78, 5) is 5.11. The molecule has 2 aromatic heterocycles. The topological polar surface area (TPSA) is 104 Å². The number of aromatic amines is 1. The van der Waals surface area contributed by atoms with E-state index in [1.165, 1.54) is 0 Å². The van der Waals surface area contributed by atoms with E-state index in [0.717, 1.165) is 47.5 Å². The van der Waals surface area contributed by atoms with Crippen LogP contribution in [0.5, 0.6) is 11.5 Å². The third-order valence-electron chi connectivity index (χ3n) is 7.30. The van der Waals surface area contributed by atoms with Crippen LogP contribution in [0.25, 0.3) is 22.5 Å². The van der Waals surface area contributed by atoms with Crippen molar-refractivity contribution in [2.24, 2.45) is 0 Å². The number of hydrogen-bond acceptors (Lipinski definition) is 7. The molecule has 0 aliphatic carbocycles. The molecule has 0 aliphatic rings. The molecular weight excluding hydrogens is 550 g/mol. The van der Waals surface area contributed by atoms with Crippen LogP contribution in [0.1, 0.15) is 50.3 Å². The zero-order valence-electron chi connectivity index (χ0n) is 24.9. The van der Waals surface area contributed by atoms with E-state index in [1.807, 2.05) is 83.5 Å². The molecule has 0 saturated heterocycles. The van der Waals surface area contributed by atoms with Crippen LogP contribution in [-0.2, 0) is 18.8 Å². The van der Waals surface area contributed by atoms with Crippen LogP contribution in [0.2, 0.25) is 0 Å². The third-order valence-corrected chi connectivity index (χ3v) is 7.30. The SMILES string of the molecule is CCCn1nc(C(CCC)(Oc2ccccc2)Oc2ccccc2)nc1Cc1ccc(-c2ccccc2-c2nn[nH]n2)cc1. The normalized spacial score (nSPS) is 11.4. The molecule has 44 heavy (non-hydrogen) atoms. The molecule has 1 N–H and O–H groups in total.